The van der Waals surface area contributed by atoms with Gasteiger partial charge in [-0.1, -0.05) is 0 Å². The second-order valence-electron chi connectivity index (χ2n) is 11.6. The van der Waals surface area contributed by atoms with Crippen molar-refractivity contribution in [2.45, 2.75) is 27.7 Å². The summed E-state index contributed by atoms with van der Waals surface area (Å²) in [5.41, 5.74) is 10.6. The van der Waals surface area contributed by atoms with Crippen LogP contribution < -0.4 is 30.0 Å². The Labute approximate surface area is 279 Å². The molecule has 1 aliphatic heterocycles. The quantitative estimate of drug-likeness (QED) is 0.100. The molecule has 4 aromatic rings. The summed E-state index contributed by atoms with van der Waals surface area (Å²) in [6.07, 6.45) is 0. The number of hydrogen-bond donors (Lipinski definition) is 3. The van der Waals surface area contributed by atoms with E-state index in [1.54, 1.807) is 6.07 Å². The summed E-state index contributed by atoms with van der Waals surface area (Å²) in [5, 5.41) is 31.6. The second-order valence-corrected chi connectivity index (χ2v) is 11.6. The molecule has 0 amide bonds. The summed E-state index contributed by atoms with van der Waals surface area (Å²) in [6, 6.07) is 27.9. The van der Waals surface area contributed by atoms with Crippen LogP contribution in [-0.2, 0) is 0 Å². The Morgan fingerprint density at radius 1 is 0.617 bits per heavy atom. The SMILES string of the molecule is CCN(CC)c1ccc(N=Nc2ccc(N3CCN(c4ccc(NN(C)c5ccc(N(CC)CC)cc5O)cc4)CC3)cc2)c(O)c1. The molecule has 1 saturated heterocycles. The summed E-state index contributed by atoms with van der Waals surface area (Å²) < 4.78 is 0. The number of phenols is 2. The van der Waals surface area contributed by atoms with Crippen molar-refractivity contribution in [2.24, 2.45) is 10.2 Å². The minimum atomic E-state index is 0.128. The molecular weight excluding hydrogens is 588 g/mol. The van der Waals surface area contributed by atoms with Gasteiger partial charge in [-0.25, -0.2) is 0 Å². The summed E-state index contributed by atoms with van der Waals surface area (Å²) in [6.45, 7) is 15.6. The van der Waals surface area contributed by atoms with Gasteiger partial charge in [-0.05, 0) is 100 Å². The molecule has 0 bridgehead atoms. The van der Waals surface area contributed by atoms with Crippen molar-refractivity contribution < 1.29 is 10.2 Å². The summed E-state index contributed by atoms with van der Waals surface area (Å²) in [5.74, 6) is 0.373. The lowest BCUT2D eigenvalue weighted by Crippen LogP contribution is -2.46. The van der Waals surface area contributed by atoms with E-state index in [1.165, 1.54) is 5.69 Å². The van der Waals surface area contributed by atoms with Crippen LogP contribution in [0.25, 0.3) is 0 Å². The van der Waals surface area contributed by atoms with Crippen molar-refractivity contribution >= 4 is 45.5 Å². The Bertz CT molecular complexity index is 1610. The fraction of sp³-hybridized carbons (Fsp3) is 0.351. The van der Waals surface area contributed by atoms with Gasteiger partial charge in [0, 0.05) is 94.3 Å². The molecule has 5 rings (SSSR count). The van der Waals surface area contributed by atoms with E-state index in [4.69, 9.17) is 0 Å². The molecule has 1 aliphatic rings. The molecule has 0 atom stereocenters. The first kappa shape index (κ1) is 33.2. The third kappa shape index (κ3) is 8.00. The fourth-order valence-electron chi connectivity index (χ4n) is 6.03. The van der Waals surface area contributed by atoms with E-state index in [0.29, 0.717) is 5.69 Å². The number of phenolic OH excluding ortho intramolecular Hbond substituents is 2. The molecule has 0 aromatic heterocycles. The lowest BCUT2D eigenvalue weighted by atomic mass is 10.2. The average Bonchev–Trinajstić information content (AvgIpc) is 3.10. The fourth-order valence-corrected chi connectivity index (χ4v) is 6.03. The average molecular weight is 637 g/mol. The van der Waals surface area contributed by atoms with Gasteiger partial charge in [0.2, 0.25) is 0 Å². The Balaban J connectivity index is 1.12. The van der Waals surface area contributed by atoms with Crippen LogP contribution in [0.4, 0.5) is 45.5 Å². The van der Waals surface area contributed by atoms with Gasteiger partial charge in [-0.3, -0.25) is 10.4 Å². The minimum absolute atomic E-state index is 0.128. The zero-order chi connectivity index (χ0) is 33.3. The molecule has 3 N–H and O–H groups in total. The van der Waals surface area contributed by atoms with Crippen molar-refractivity contribution in [3.8, 4) is 11.5 Å². The highest BCUT2D eigenvalue weighted by Crippen LogP contribution is 2.34. The van der Waals surface area contributed by atoms with E-state index in [9.17, 15) is 10.2 Å². The number of hydrogen-bond acceptors (Lipinski definition) is 10. The Kier molecular flexibility index (Phi) is 10.9. The van der Waals surface area contributed by atoms with E-state index in [1.807, 2.05) is 54.5 Å². The number of aromatic hydroxyl groups is 2. The van der Waals surface area contributed by atoms with Crippen molar-refractivity contribution in [2.75, 3.05) is 89.4 Å². The number of piperazine rings is 1. The number of nitrogens with one attached hydrogen (secondary N) is 1. The molecule has 0 spiro atoms. The number of nitrogens with zero attached hydrogens (tertiary/aromatic N) is 7. The third-order valence-corrected chi connectivity index (χ3v) is 8.83. The second kappa shape index (κ2) is 15.4. The summed E-state index contributed by atoms with van der Waals surface area (Å²) >= 11 is 0. The third-order valence-electron chi connectivity index (χ3n) is 8.83. The molecule has 47 heavy (non-hydrogen) atoms. The van der Waals surface area contributed by atoms with Gasteiger partial charge in [-0.2, -0.15) is 5.11 Å². The van der Waals surface area contributed by atoms with Crippen molar-refractivity contribution in [3.05, 3.63) is 84.9 Å². The van der Waals surface area contributed by atoms with Gasteiger partial charge in [0.05, 0.1) is 17.1 Å². The zero-order valence-corrected chi connectivity index (χ0v) is 28.3. The molecule has 0 radical (unpaired) electrons. The predicted octanol–water partition coefficient (Wildman–Crippen LogP) is 8.00. The number of benzene rings is 4. The summed E-state index contributed by atoms with van der Waals surface area (Å²) in [7, 11) is 1.91. The maximum Gasteiger partial charge on any atom is 0.145 e. The van der Waals surface area contributed by atoms with E-state index in [2.05, 4.69) is 99.3 Å². The highest BCUT2D eigenvalue weighted by atomic mass is 16.3. The molecule has 0 unspecified atom stereocenters. The van der Waals surface area contributed by atoms with Crippen LogP contribution in [0.15, 0.2) is 95.2 Å². The van der Waals surface area contributed by atoms with Crippen LogP contribution in [-0.4, -0.2) is 69.6 Å². The molecule has 10 heteroatoms. The van der Waals surface area contributed by atoms with Gasteiger partial charge >= 0.3 is 0 Å². The highest BCUT2D eigenvalue weighted by molar-refractivity contribution is 5.68. The highest BCUT2D eigenvalue weighted by Gasteiger charge is 2.18. The number of hydrazine groups is 1. The Morgan fingerprint density at radius 2 is 1.11 bits per heavy atom. The van der Waals surface area contributed by atoms with Gasteiger partial charge in [0.25, 0.3) is 0 Å². The number of anilines is 6. The molecule has 10 nitrogen and oxygen atoms in total. The Morgan fingerprint density at radius 3 is 1.60 bits per heavy atom. The van der Waals surface area contributed by atoms with Crippen LogP contribution >= 0.6 is 0 Å². The minimum Gasteiger partial charge on any atom is -0.506 e. The molecule has 248 valence electrons. The van der Waals surface area contributed by atoms with Crippen LogP contribution in [0.3, 0.4) is 0 Å². The molecular formula is C37H48N8O2. The lowest BCUT2D eigenvalue weighted by molar-refractivity contribution is 0.475. The van der Waals surface area contributed by atoms with E-state index in [-0.39, 0.29) is 11.5 Å². The van der Waals surface area contributed by atoms with Crippen molar-refractivity contribution in [1.29, 1.82) is 0 Å². The molecule has 1 heterocycles. The smallest absolute Gasteiger partial charge is 0.145 e. The van der Waals surface area contributed by atoms with Gasteiger partial charge in [0.15, 0.2) is 0 Å². The number of rotatable bonds is 13. The maximum absolute atomic E-state index is 10.7. The first-order valence-electron chi connectivity index (χ1n) is 16.6. The monoisotopic (exact) mass is 636 g/mol. The number of azo groups is 1. The zero-order valence-electron chi connectivity index (χ0n) is 28.3. The van der Waals surface area contributed by atoms with E-state index < -0.39 is 0 Å². The van der Waals surface area contributed by atoms with E-state index in [0.717, 1.165) is 86.5 Å². The van der Waals surface area contributed by atoms with Gasteiger partial charge in [0.1, 0.15) is 17.2 Å². The van der Waals surface area contributed by atoms with Crippen molar-refractivity contribution in [3.63, 3.8) is 0 Å². The van der Waals surface area contributed by atoms with Crippen LogP contribution in [0.1, 0.15) is 27.7 Å². The van der Waals surface area contributed by atoms with Crippen molar-refractivity contribution in [1.82, 2.24) is 0 Å². The van der Waals surface area contributed by atoms with Gasteiger partial charge in [-0.15, -0.1) is 5.11 Å². The predicted molar refractivity (Wildman–Crippen MR) is 197 cm³/mol. The standard InChI is InChI=1S/C37H48N8O2/c1-6-42(7-2)32-18-20-34(36(46)26-32)39-38-28-10-14-30(15-11-28)44-22-24-45(25-23-44)31-16-12-29(13-17-31)40-41(5)35-21-19-33(27-37(35)47)43(8-3)9-4/h10-21,26-27,40,46-47H,6-9,22-25H2,1-5H3. The molecule has 4 aromatic carbocycles. The van der Waals surface area contributed by atoms with Gasteiger partial charge < -0.3 is 29.8 Å². The molecule has 0 aliphatic carbocycles. The van der Waals surface area contributed by atoms with Crippen LogP contribution in [0.5, 0.6) is 11.5 Å². The first-order valence-corrected chi connectivity index (χ1v) is 16.6. The summed E-state index contributed by atoms with van der Waals surface area (Å²) in [4.78, 5) is 9.18. The van der Waals surface area contributed by atoms with E-state index >= 15 is 0 Å². The van der Waals surface area contributed by atoms with Crippen LogP contribution in [0.2, 0.25) is 0 Å². The lowest BCUT2D eigenvalue weighted by Gasteiger charge is -2.37. The normalized spacial score (nSPS) is 13.2. The topological polar surface area (TPSA) is 93.4 Å². The maximum atomic E-state index is 10.7. The Hall–Kier alpha value is -5.12. The first-order chi connectivity index (χ1) is 22.8. The molecule has 0 saturated carbocycles. The largest absolute Gasteiger partial charge is 0.506 e. The molecule has 1 fully saturated rings. The van der Waals surface area contributed by atoms with Crippen LogP contribution in [0, 0.1) is 0 Å².